The molecule has 3 heterocycles. The molecule has 2 aliphatic rings. The van der Waals surface area contributed by atoms with Gasteiger partial charge in [-0.25, -0.2) is 9.97 Å². The van der Waals surface area contributed by atoms with Crippen LogP contribution in [0.1, 0.15) is 41.4 Å². The van der Waals surface area contributed by atoms with Crippen LogP contribution in [0.3, 0.4) is 0 Å². The van der Waals surface area contributed by atoms with Gasteiger partial charge < -0.3 is 10.3 Å². The zero-order chi connectivity index (χ0) is 17.4. The van der Waals surface area contributed by atoms with Gasteiger partial charge >= 0.3 is 0 Å². The summed E-state index contributed by atoms with van der Waals surface area (Å²) in [6, 6.07) is 1.72. The summed E-state index contributed by atoms with van der Waals surface area (Å²) in [7, 11) is 0. The molecule has 25 heavy (non-hydrogen) atoms. The van der Waals surface area contributed by atoms with E-state index in [1.807, 2.05) is 4.90 Å². The van der Waals surface area contributed by atoms with E-state index in [1.54, 1.807) is 12.3 Å². The number of halogens is 2. The van der Waals surface area contributed by atoms with Gasteiger partial charge in [-0.15, -0.1) is 0 Å². The number of fused-ring (bicyclic) bond motifs is 1. The van der Waals surface area contributed by atoms with Gasteiger partial charge in [-0.1, -0.05) is 23.2 Å². The molecular weight excluding hydrogens is 363 g/mol. The molecule has 1 atom stereocenters. The van der Waals surface area contributed by atoms with Gasteiger partial charge in [0.2, 0.25) is 0 Å². The van der Waals surface area contributed by atoms with Crippen molar-refractivity contribution < 1.29 is 4.79 Å². The first-order valence-electron chi connectivity index (χ1n) is 8.34. The van der Waals surface area contributed by atoms with Gasteiger partial charge in [-0.05, 0) is 25.3 Å². The number of imidazole rings is 1. The van der Waals surface area contributed by atoms with Crippen LogP contribution in [0.4, 0.5) is 0 Å². The van der Waals surface area contributed by atoms with Gasteiger partial charge in [0.25, 0.3) is 5.91 Å². The Bertz CT molecular complexity index is 831. The zero-order valence-electron chi connectivity index (χ0n) is 13.5. The molecule has 1 amide bonds. The number of hydrogen-bond acceptors (Lipinski definition) is 5. The van der Waals surface area contributed by atoms with Crippen LogP contribution in [-0.2, 0) is 0 Å². The molecule has 2 aromatic heterocycles. The predicted octanol–water partition coefficient (Wildman–Crippen LogP) is 2.43. The fraction of sp³-hybridized carbons (Fsp3) is 0.500. The van der Waals surface area contributed by atoms with Crippen LogP contribution in [0.25, 0.3) is 11.2 Å². The summed E-state index contributed by atoms with van der Waals surface area (Å²) in [6.07, 6.45) is 4.68. The average molecular weight is 381 g/mol. The minimum atomic E-state index is -0.358. The van der Waals surface area contributed by atoms with Gasteiger partial charge in [0.15, 0.2) is 5.65 Å². The number of aliphatic imine (C=N–C) groups is 1. The van der Waals surface area contributed by atoms with Crippen LogP contribution in [0.2, 0.25) is 0 Å². The van der Waals surface area contributed by atoms with E-state index < -0.39 is 0 Å². The van der Waals surface area contributed by atoms with Crippen molar-refractivity contribution in [3.05, 3.63) is 23.7 Å². The Balaban J connectivity index is 1.34. The number of hydrogen-bond donors (Lipinski definition) is 2. The van der Waals surface area contributed by atoms with Crippen LogP contribution in [0.5, 0.6) is 0 Å². The highest BCUT2D eigenvalue weighted by Gasteiger charge is 2.28. The summed E-state index contributed by atoms with van der Waals surface area (Å²) < 4.78 is 0. The Morgan fingerprint density at radius 1 is 1.44 bits per heavy atom. The summed E-state index contributed by atoms with van der Waals surface area (Å²) in [6.45, 7) is 1.77. The maximum absolute atomic E-state index is 12.5. The number of nitrogens with zero attached hydrogens (tertiary/aromatic N) is 4. The monoisotopic (exact) mass is 380 g/mol. The third-order valence-electron chi connectivity index (χ3n) is 4.45. The Hall–Kier alpha value is -1.70. The van der Waals surface area contributed by atoms with Crippen LogP contribution in [0, 0.1) is 0 Å². The molecule has 0 radical (unpaired) electrons. The largest absolute Gasteiger partial charge is 0.352 e. The summed E-state index contributed by atoms with van der Waals surface area (Å²) in [5.41, 5.74) is 1.53. The first kappa shape index (κ1) is 16.8. The van der Waals surface area contributed by atoms with E-state index in [-0.39, 0.29) is 11.4 Å². The molecule has 0 bridgehead atoms. The fourth-order valence-corrected chi connectivity index (χ4v) is 3.31. The van der Waals surface area contributed by atoms with Crippen LogP contribution < -0.4 is 5.32 Å². The van der Waals surface area contributed by atoms with Crippen molar-refractivity contribution >= 4 is 45.4 Å². The number of aromatic amines is 1. The summed E-state index contributed by atoms with van der Waals surface area (Å²) >= 11 is 12.0. The van der Waals surface area contributed by atoms with Gasteiger partial charge in [0, 0.05) is 25.2 Å². The van der Waals surface area contributed by atoms with Crippen LogP contribution in [0.15, 0.2) is 17.3 Å². The van der Waals surface area contributed by atoms with E-state index in [0.717, 1.165) is 31.6 Å². The molecule has 1 saturated carbocycles. The molecule has 2 aromatic rings. The molecular formula is C16H18Cl2N6O. The van der Waals surface area contributed by atoms with Crippen LogP contribution >= 0.6 is 23.2 Å². The lowest BCUT2D eigenvalue weighted by atomic mass is 10.2. The normalized spacial score (nSPS) is 20.9. The summed E-state index contributed by atoms with van der Waals surface area (Å²) in [5, 5.41) is 3.37. The quantitative estimate of drug-likeness (QED) is 0.457. The Morgan fingerprint density at radius 2 is 2.28 bits per heavy atom. The molecule has 7 nitrogen and oxygen atoms in total. The minimum Gasteiger partial charge on any atom is -0.352 e. The van der Waals surface area contributed by atoms with E-state index in [1.165, 1.54) is 0 Å². The van der Waals surface area contributed by atoms with E-state index in [4.69, 9.17) is 23.2 Å². The minimum absolute atomic E-state index is 0.128. The highest BCUT2D eigenvalue weighted by Crippen LogP contribution is 2.39. The number of aromatic nitrogens is 3. The van der Waals surface area contributed by atoms with Gasteiger partial charge in [0.1, 0.15) is 16.5 Å². The van der Waals surface area contributed by atoms with E-state index in [0.29, 0.717) is 41.0 Å². The van der Waals surface area contributed by atoms with Crippen molar-refractivity contribution in [2.75, 3.05) is 19.8 Å². The lowest BCUT2D eigenvalue weighted by molar-refractivity contribution is 0.0953. The first-order valence-corrected chi connectivity index (χ1v) is 9.15. The SMILES string of the molecule is O=C(NCCCN1CN=C(Cl)C1Cl)c1ccnc2nc(C3CC3)[nH]c12. The molecule has 0 saturated heterocycles. The second-order valence-electron chi connectivity index (χ2n) is 6.33. The highest BCUT2D eigenvalue weighted by atomic mass is 35.5. The maximum Gasteiger partial charge on any atom is 0.253 e. The van der Waals surface area contributed by atoms with Crippen molar-refractivity contribution in [1.29, 1.82) is 0 Å². The molecule has 1 aliphatic heterocycles. The number of carbonyl (C=O) groups is 1. The van der Waals surface area contributed by atoms with E-state index in [2.05, 4.69) is 25.3 Å². The lowest BCUT2D eigenvalue weighted by Crippen LogP contribution is -2.33. The molecule has 4 rings (SSSR count). The molecule has 9 heteroatoms. The van der Waals surface area contributed by atoms with Gasteiger partial charge in [-0.2, -0.15) is 0 Å². The van der Waals surface area contributed by atoms with Crippen molar-refractivity contribution in [1.82, 2.24) is 25.2 Å². The number of H-pyrrole nitrogens is 1. The number of pyridine rings is 1. The van der Waals surface area contributed by atoms with Crippen LogP contribution in [-0.4, -0.2) is 56.2 Å². The molecule has 0 spiro atoms. The number of carbonyl (C=O) groups excluding carboxylic acids is 1. The van der Waals surface area contributed by atoms with E-state index >= 15 is 0 Å². The Labute approximate surface area is 154 Å². The average Bonchev–Trinajstić information content (AvgIpc) is 3.30. The highest BCUT2D eigenvalue weighted by molar-refractivity contribution is 6.71. The topological polar surface area (TPSA) is 86.3 Å². The second-order valence-corrected chi connectivity index (χ2v) is 7.13. The third-order valence-corrected chi connectivity index (χ3v) is 5.37. The van der Waals surface area contributed by atoms with Gasteiger partial charge in [0.05, 0.1) is 17.7 Å². The standard InChI is InChI=1S/C16H18Cl2N6O/c17-12-13(18)24(8-21-12)7-1-5-20-16(25)10-4-6-19-15-11(10)22-14(23-15)9-2-3-9/h4,6,9,13H,1-3,5,7-8H2,(H,20,25)(H,19,22,23). The van der Waals surface area contributed by atoms with Crippen molar-refractivity contribution in [2.24, 2.45) is 4.99 Å². The molecule has 0 aromatic carbocycles. The molecule has 2 N–H and O–H groups in total. The number of amides is 1. The zero-order valence-corrected chi connectivity index (χ0v) is 15.0. The lowest BCUT2D eigenvalue weighted by Gasteiger charge is -2.18. The number of rotatable bonds is 6. The predicted molar refractivity (Wildman–Crippen MR) is 97.3 cm³/mol. The Morgan fingerprint density at radius 3 is 3.00 bits per heavy atom. The number of alkyl halides is 1. The van der Waals surface area contributed by atoms with E-state index in [9.17, 15) is 4.79 Å². The molecule has 1 aliphatic carbocycles. The molecule has 1 fully saturated rings. The maximum atomic E-state index is 12.5. The summed E-state index contributed by atoms with van der Waals surface area (Å²) in [4.78, 5) is 30.5. The smallest absolute Gasteiger partial charge is 0.253 e. The van der Waals surface area contributed by atoms with Crippen molar-refractivity contribution in [3.8, 4) is 0 Å². The fourth-order valence-electron chi connectivity index (χ4n) is 2.89. The summed E-state index contributed by atoms with van der Waals surface area (Å²) in [5.74, 6) is 1.29. The Kier molecular flexibility index (Phi) is 4.62. The number of nitrogens with one attached hydrogen (secondary N) is 2. The molecule has 132 valence electrons. The van der Waals surface area contributed by atoms with Crippen molar-refractivity contribution in [3.63, 3.8) is 0 Å². The second kappa shape index (κ2) is 6.90. The third kappa shape index (κ3) is 3.49. The van der Waals surface area contributed by atoms with Gasteiger partial charge in [-0.3, -0.25) is 14.7 Å². The molecule has 1 unspecified atom stereocenters. The van der Waals surface area contributed by atoms with Crippen molar-refractivity contribution in [2.45, 2.75) is 30.7 Å². The first-order chi connectivity index (χ1) is 12.1.